The first kappa shape index (κ1) is 21.6. The van der Waals surface area contributed by atoms with Crippen molar-refractivity contribution < 1.29 is 22.8 Å². The van der Waals surface area contributed by atoms with Crippen LogP contribution in [0.4, 0.5) is 0 Å². The monoisotopic (exact) mass is 386 g/mol. The molecule has 144 valence electrons. The summed E-state index contributed by atoms with van der Waals surface area (Å²) in [6, 6.07) is -0.739. The molecule has 2 aliphatic heterocycles. The summed E-state index contributed by atoms with van der Waals surface area (Å²) >= 11 is 0. The Morgan fingerprint density at radius 3 is 1.80 bits per heavy atom. The van der Waals surface area contributed by atoms with Crippen LogP contribution in [0, 0.1) is 0 Å². The normalized spacial score (nSPS) is 35.2. The van der Waals surface area contributed by atoms with Crippen molar-refractivity contribution in [3.05, 3.63) is 0 Å². The first-order valence-corrected chi connectivity index (χ1v) is 13.5. The molecule has 0 aromatic heterocycles. The van der Waals surface area contributed by atoms with E-state index in [1.807, 2.05) is 0 Å². The lowest BCUT2D eigenvalue weighted by atomic mass is 9.93. The van der Waals surface area contributed by atoms with Crippen molar-refractivity contribution in [2.24, 2.45) is 0 Å². The molecule has 8 heteroatoms. The maximum atomic E-state index is 10.5. The molecular weight excluding hydrogens is 351 g/mol. The third kappa shape index (κ3) is 3.68. The number of ether oxygens (including phenoxy) is 1. The van der Waals surface area contributed by atoms with E-state index < -0.39 is 35.3 Å². The molecule has 0 spiro atoms. The molecule has 2 fully saturated rings. The van der Waals surface area contributed by atoms with Crippen LogP contribution in [0.2, 0.25) is 22.2 Å². The lowest BCUT2D eigenvalue weighted by Gasteiger charge is -2.51. The summed E-state index contributed by atoms with van der Waals surface area (Å²) in [7, 11) is 0.699. The predicted octanol–water partition coefficient (Wildman–Crippen LogP) is 3.20. The fourth-order valence-electron chi connectivity index (χ4n) is 4.18. The first-order chi connectivity index (χ1) is 11.5. The van der Waals surface area contributed by atoms with E-state index in [1.54, 1.807) is 0 Å². The number of aliphatic hydroxyl groups excluding tert-OH is 1. The Kier molecular flexibility index (Phi) is 6.68. The van der Waals surface area contributed by atoms with Gasteiger partial charge in [-0.1, -0.05) is 55.4 Å². The zero-order valence-corrected chi connectivity index (χ0v) is 19.0. The highest BCUT2D eigenvalue weighted by Crippen LogP contribution is 2.47. The minimum atomic E-state index is -2.70. The second-order valence-corrected chi connectivity index (χ2v) is 17.5. The van der Waals surface area contributed by atoms with Gasteiger partial charge < -0.3 is 22.8 Å². The quantitative estimate of drug-likeness (QED) is 0.752. The second kappa shape index (κ2) is 7.73. The Hall–Kier alpha value is 0.299. The molecular formula is C17H35BO5Si2. The standard InChI is InChI=1S/C17H35BO5Si2/c1-10(2)24(11(3)4)20-9-14-16(15(19)17(18)21-14)22-25(23-24,12(5)6)13(7)8/h10-17,19H,9H2,1-8H3/t14-,15?,16+,17-/m1/s1. The van der Waals surface area contributed by atoms with E-state index in [1.165, 1.54) is 0 Å². The minimum Gasteiger partial charge on any atom is -0.414 e. The summed E-state index contributed by atoms with van der Waals surface area (Å²) in [6.45, 7) is 17.7. The molecule has 0 amide bonds. The zero-order chi connectivity index (χ0) is 19.2. The first-order valence-electron chi connectivity index (χ1n) is 9.59. The van der Waals surface area contributed by atoms with Gasteiger partial charge in [0, 0.05) is 6.00 Å². The van der Waals surface area contributed by atoms with E-state index in [2.05, 4.69) is 55.4 Å². The molecule has 0 aliphatic carbocycles. The zero-order valence-electron chi connectivity index (χ0n) is 17.0. The molecule has 4 atom stereocenters. The maximum Gasteiger partial charge on any atom is 0.335 e. The lowest BCUT2D eigenvalue weighted by molar-refractivity contribution is -0.0318. The Morgan fingerprint density at radius 2 is 1.36 bits per heavy atom. The van der Waals surface area contributed by atoms with Crippen molar-refractivity contribution in [2.75, 3.05) is 6.61 Å². The van der Waals surface area contributed by atoms with Gasteiger partial charge in [0.1, 0.15) is 20.1 Å². The van der Waals surface area contributed by atoms with E-state index in [-0.39, 0.29) is 28.3 Å². The van der Waals surface area contributed by atoms with Gasteiger partial charge in [-0.15, -0.1) is 0 Å². The Balaban J connectivity index is 2.53. The summed E-state index contributed by atoms with van der Waals surface area (Å²) in [5.41, 5.74) is 1.03. The van der Waals surface area contributed by atoms with Crippen LogP contribution in [0.5, 0.6) is 0 Å². The smallest absolute Gasteiger partial charge is 0.335 e. The van der Waals surface area contributed by atoms with Crippen molar-refractivity contribution >= 4 is 25.0 Å². The lowest BCUT2D eigenvalue weighted by Crippen LogP contribution is -2.65. The molecule has 2 aliphatic rings. The fraction of sp³-hybridized carbons (Fsp3) is 1.00. The molecule has 5 nitrogen and oxygen atoms in total. The molecule has 25 heavy (non-hydrogen) atoms. The van der Waals surface area contributed by atoms with Crippen LogP contribution in [0.3, 0.4) is 0 Å². The van der Waals surface area contributed by atoms with Crippen LogP contribution in [-0.4, -0.2) is 61.0 Å². The van der Waals surface area contributed by atoms with Gasteiger partial charge in [0.25, 0.3) is 0 Å². The Bertz CT molecular complexity index is 444. The van der Waals surface area contributed by atoms with Crippen molar-refractivity contribution in [3.63, 3.8) is 0 Å². The molecule has 2 rings (SSSR count). The molecule has 0 bridgehead atoms. The van der Waals surface area contributed by atoms with Gasteiger partial charge in [0.15, 0.2) is 0 Å². The van der Waals surface area contributed by atoms with E-state index in [0.29, 0.717) is 6.61 Å². The summed E-state index contributed by atoms with van der Waals surface area (Å²) in [5, 5.41) is 10.5. The number of aliphatic hydroxyl groups is 1. The number of hydrogen-bond donors (Lipinski definition) is 1. The average molecular weight is 386 g/mol. The molecule has 2 saturated heterocycles. The number of hydrogen-bond acceptors (Lipinski definition) is 5. The van der Waals surface area contributed by atoms with Gasteiger partial charge in [0.05, 0.1) is 12.7 Å². The molecule has 2 radical (unpaired) electrons. The highest BCUT2D eigenvalue weighted by Gasteiger charge is 2.61. The Labute approximate surface area is 156 Å². The summed E-state index contributed by atoms with van der Waals surface area (Å²) in [5.74, 6) is 0. The molecule has 0 saturated carbocycles. The largest absolute Gasteiger partial charge is 0.414 e. The van der Waals surface area contributed by atoms with Gasteiger partial charge in [-0.25, -0.2) is 0 Å². The van der Waals surface area contributed by atoms with Crippen LogP contribution in [0.25, 0.3) is 0 Å². The van der Waals surface area contributed by atoms with Crippen LogP contribution in [0.1, 0.15) is 55.4 Å². The molecule has 0 aromatic carbocycles. The highest BCUT2D eigenvalue weighted by atomic mass is 28.5. The van der Waals surface area contributed by atoms with Crippen LogP contribution in [-0.2, 0) is 17.7 Å². The maximum absolute atomic E-state index is 10.5. The molecule has 1 unspecified atom stereocenters. The minimum absolute atomic E-state index is 0.225. The highest BCUT2D eigenvalue weighted by molar-refractivity contribution is 6.83. The predicted molar refractivity (Wildman–Crippen MR) is 104 cm³/mol. The van der Waals surface area contributed by atoms with Crippen molar-refractivity contribution in [2.45, 2.75) is 102 Å². The van der Waals surface area contributed by atoms with Crippen molar-refractivity contribution in [1.82, 2.24) is 0 Å². The molecule has 2 heterocycles. The Morgan fingerprint density at radius 1 is 0.880 bits per heavy atom. The van der Waals surface area contributed by atoms with E-state index >= 15 is 0 Å². The summed E-state index contributed by atoms with van der Waals surface area (Å²) < 4.78 is 26.0. The van der Waals surface area contributed by atoms with Crippen LogP contribution in [0.15, 0.2) is 0 Å². The topological polar surface area (TPSA) is 57.2 Å². The van der Waals surface area contributed by atoms with Gasteiger partial charge in [-0.3, -0.25) is 0 Å². The van der Waals surface area contributed by atoms with Gasteiger partial charge in [-0.05, 0) is 22.2 Å². The number of fused-ring (bicyclic) bond motifs is 1. The molecule has 1 N–H and O–H groups in total. The van der Waals surface area contributed by atoms with E-state index in [0.717, 1.165) is 0 Å². The average Bonchev–Trinajstić information content (AvgIpc) is 2.73. The van der Waals surface area contributed by atoms with Crippen LogP contribution < -0.4 is 0 Å². The van der Waals surface area contributed by atoms with E-state index in [4.69, 9.17) is 25.6 Å². The third-order valence-electron chi connectivity index (χ3n) is 5.70. The van der Waals surface area contributed by atoms with Crippen molar-refractivity contribution in [1.29, 1.82) is 0 Å². The third-order valence-corrected chi connectivity index (χ3v) is 16.0. The van der Waals surface area contributed by atoms with Gasteiger partial charge >= 0.3 is 17.1 Å². The van der Waals surface area contributed by atoms with Crippen LogP contribution >= 0.6 is 0 Å². The van der Waals surface area contributed by atoms with E-state index in [9.17, 15) is 5.11 Å². The van der Waals surface area contributed by atoms with Gasteiger partial charge in [0.2, 0.25) is 0 Å². The fourth-order valence-corrected chi connectivity index (χ4v) is 15.4. The van der Waals surface area contributed by atoms with Crippen molar-refractivity contribution in [3.8, 4) is 0 Å². The summed E-state index contributed by atoms with van der Waals surface area (Å²) in [6.07, 6.45) is -1.69. The van der Waals surface area contributed by atoms with Gasteiger partial charge in [-0.2, -0.15) is 0 Å². The molecule has 0 aromatic rings. The second-order valence-electron chi connectivity index (χ2n) is 8.69. The SMILES string of the molecule is [B][C@@H]1O[C@@H]2CO[Si](C(C)C)(C(C)C)O[Si](C(C)C)(C(C)C)O[C@@H]2C1O. The summed E-state index contributed by atoms with van der Waals surface area (Å²) in [4.78, 5) is 0. The number of rotatable bonds is 4.